The van der Waals surface area contributed by atoms with Gasteiger partial charge in [0.25, 0.3) is 5.91 Å². The Hall–Kier alpha value is -0.680. The molecule has 3 nitrogen and oxygen atoms in total. The molecule has 1 aliphatic heterocycles. The Kier molecular flexibility index (Phi) is 3.99. The van der Waals surface area contributed by atoms with Crippen molar-refractivity contribution < 1.29 is 9.90 Å². The quantitative estimate of drug-likeness (QED) is 0.912. The predicted molar refractivity (Wildman–Crippen MR) is 73.6 cm³/mol. The molecule has 1 unspecified atom stereocenters. The fourth-order valence-corrected chi connectivity index (χ4v) is 3.49. The van der Waals surface area contributed by atoms with Crippen molar-refractivity contribution in [1.29, 1.82) is 0 Å². The molecule has 1 amide bonds. The molecule has 1 atom stereocenters. The lowest BCUT2D eigenvalue weighted by Crippen LogP contribution is -2.36. The van der Waals surface area contributed by atoms with Gasteiger partial charge < -0.3 is 10.0 Å². The zero-order chi connectivity index (χ0) is 12.4. The van der Waals surface area contributed by atoms with Crippen LogP contribution in [0.2, 0.25) is 0 Å². The summed E-state index contributed by atoms with van der Waals surface area (Å²) in [4.78, 5) is 13.9. The second-order valence-corrected chi connectivity index (χ2v) is 6.16. The number of amides is 1. The molecule has 1 N–H and O–H groups in total. The Bertz CT molecular complexity index is 433. The van der Waals surface area contributed by atoms with Crippen LogP contribution in [0.4, 0.5) is 0 Å². The monoisotopic (exact) mass is 315 g/mol. The number of hydrogen-bond donors (Lipinski definition) is 1. The molecule has 1 fully saturated rings. The van der Waals surface area contributed by atoms with E-state index in [4.69, 9.17) is 0 Å². The minimum absolute atomic E-state index is 0.0295. The van der Waals surface area contributed by atoms with E-state index in [2.05, 4.69) is 15.9 Å². The van der Waals surface area contributed by atoms with Gasteiger partial charge in [-0.1, -0.05) is 15.9 Å². The average molecular weight is 316 g/mol. The fourth-order valence-electron chi connectivity index (χ4n) is 1.87. The van der Waals surface area contributed by atoms with Crippen molar-refractivity contribution in [3.05, 3.63) is 28.2 Å². The van der Waals surface area contributed by atoms with Crippen LogP contribution in [0.3, 0.4) is 0 Å². The molecule has 1 aromatic carbocycles. The number of halogens is 1. The van der Waals surface area contributed by atoms with Crippen molar-refractivity contribution in [2.24, 2.45) is 0 Å². The van der Waals surface area contributed by atoms with Gasteiger partial charge >= 0.3 is 0 Å². The standard InChI is InChI=1S/C12H14BrNO2S/c1-14(9-4-5-17-7-9)12(16)10-3-2-8(13)6-11(10)15/h2-3,6,9,15H,4-5,7H2,1H3. The minimum atomic E-state index is -0.109. The van der Waals surface area contributed by atoms with Crippen LogP contribution < -0.4 is 0 Å². The largest absolute Gasteiger partial charge is 0.507 e. The molecule has 1 aromatic rings. The van der Waals surface area contributed by atoms with Gasteiger partial charge in [-0.05, 0) is 30.4 Å². The molecule has 0 saturated carbocycles. The summed E-state index contributed by atoms with van der Waals surface area (Å²) in [6.07, 6.45) is 1.03. The lowest BCUT2D eigenvalue weighted by molar-refractivity contribution is 0.0745. The molecule has 92 valence electrons. The first-order chi connectivity index (χ1) is 8.09. The van der Waals surface area contributed by atoms with Crippen LogP contribution >= 0.6 is 27.7 Å². The second kappa shape index (κ2) is 5.31. The normalized spacial score (nSPS) is 19.3. The number of benzene rings is 1. The van der Waals surface area contributed by atoms with E-state index in [1.807, 2.05) is 11.8 Å². The molecule has 0 spiro atoms. The van der Waals surface area contributed by atoms with Crippen molar-refractivity contribution in [2.75, 3.05) is 18.6 Å². The van der Waals surface area contributed by atoms with Crippen molar-refractivity contribution in [1.82, 2.24) is 4.90 Å². The van der Waals surface area contributed by atoms with Crippen LogP contribution in [0, 0.1) is 0 Å². The Balaban J connectivity index is 2.18. The Morgan fingerprint density at radius 1 is 1.59 bits per heavy atom. The second-order valence-electron chi connectivity index (χ2n) is 4.09. The van der Waals surface area contributed by atoms with E-state index < -0.39 is 0 Å². The van der Waals surface area contributed by atoms with Gasteiger partial charge in [0.1, 0.15) is 5.75 Å². The maximum atomic E-state index is 12.2. The molecule has 0 radical (unpaired) electrons. The van der Waals surface area contributed by atoms with Crippen LogP contribution in [0.25, 0.3) is 0 Å². The van der Waals surface area contributed by atoms with Crippen LogP contribution in [-0.2, 0) is 0 Å². The molecule has 17 heavy (non-hydrogen) atoms. The number of nitrogens with zero attached hydrogens (tertiary/aromatic N) is 1. The third-order valence-corrected chi connectivity index (χ3v) is 4.60. The van der Waals surface area contributed by atoms with Crippen molar-refractivity contribution in [2.45, 2.75) is 12.5 Å². The summed E-state index contributed by atoms with van der Waals surface area (Å²) in [6.45, 7) is 0. The van der Waals surface area contributed by atoms with Gasteiger partial charge in [0, 0.05) is 23.3 Å². The van der Waals surface area contributed by atoms with E-state index in [1.54, 1.807) is 30.1 Å². The summed E-state index contributed by atoms with van der Waals surface area (Å²) in [6, 6.07) is 5.25. The molecule has 1 saturated heterocycles. The van der Waals surface area contributed by atoms with Crippen molar-refractivity contribution >= 4 is 33.6 Å². The van der Waals surface area contributed by atoms with Gasteiger partial charge in [0.15, 0.2) is 0 Å². The van der Waals surface area contributed by atoms with Crippen molar-refractivity contribution in [3.63, 3.8) is 0 Å². The smallest absolute Gasteiger partial charge is 0.257 e. The Morgan fingerprint density at radius 2 is 2.35 bits per heavy atom. The van der Waals surface area contributed by atoms with Gasteiger partial charge in [-0.25, -0.2) is 0 Å². The molecule has 0 aliphatic carbocycles. The molecule has 0 bridgehead atoms. The van der Waals surface area contributed by atoms with Crippen LogP contribution in [0.1, 0.15) is 16.8 Å². The lowest BCUT2D eigenvalue weighted by atomic mass is 10.1. The molecule has 1 aliphatic rings. The first kappa shape index (κ1) is 12.8. The topological polar surface area (TPSA) is 40.5 Å². The number of hydrogen-bond acceptors (Lipinski definition) is 3. The van der Waals surface area contributed by atoms with E-state index in [-0.39, 0.29) is 17.7 Å². The average Bonchev–Trinajstić information content (AvgIpc) is 2.80. The highest BCUT2D eigenvalue weighted by Gasteiger charge is 2.25. The number of phenolic OH excluding ortho intramolecular Hbond substituents is 1. The Morgan fingerprint density at radius 3 is 2.94 bits per heavy atom. The fraction of sp³-hybridized carbons (Fsp3) is 0.417. The predicted octanol–water partition coefficient (Wildman–Crippen LogP) is 2.73. The summed E-state index contributed by atoms with van der Waals surface area (Å²) in [5.74, 6) is 2.01. The van der Waals surface area contributed by atoms with Gasteiger partial charge in [-0.2, -0.15) is 11.8 Å². The number of carbonyl (C=O) groups excluding carboxylic acids is 1. The molecular weight excluding hydrogens is 302 g/mol. The third-order valence-electron chi connectivity index (χ3n) is 2.96. The number of phenols is 1. The molecular formula is C12H14BrNO2S. The summed E-state index contributed by atoms with van der Waals surface area (Å²) < 4.78 is 0.769. The van der Waals surface area contributed by atoms with E-state index >= 15 is 0 Å². The van der Waals surface area contributed by atoms with Crippen LogP contribution in [0.15, 0.2) is 22.7 Å². The summed E-state index contributed by atoms with van der Waals surface area (Å²) in [5.41, 5.74) is 0.368. The van der Waals surface area contributed by atoms with E-state index in [0.717, 1.165) is 22.4 Å². The summed E-state index contributed by atoms with van der Waals surface area (Å²) >= 11 is 5.13. The third kappa shape index (κ3) is 2.77. The zero-order valence-electron chi connectivity index (χ0n) is 9.52. The number of carbonyl (C=O) groups is 1. The molecule has 0 aromatic heterocycles. The van der Waals surface area contributed by atoms with E-state index in [0.29, 0.717) is 5.56 Å². The lowest BCUT2D eigenvalue weighted by Gasteiger charge is -2.24. The first-order valence-corrected chi connectivity index (χ1v) is 7.38. The maximum absolute atomic E-state index is 12.2. The molecule has 1 heterocycles. The number of thioether (sulfide) groups is 1. The molecule has 2 rings (SSSR count). The zero-order valence-corrected chi connectivity index (χ0v) is 11.9. The van der Waals surface area contributed by atoms with Gasteiger partial charge in [-0.3, -0.25) is 4.79 Å². The first-order valence-electron chi connectivity index (χ1n) is 5.43. The van der Waals surface area contributed by atoms with Crippen molar-refractivity contribution in [3.8, 4) is 5.75 Å². The van der Waals surface area contributed by atoms with E-state index in [1.165, 1.54) is 0 Å². The summed E-state index contributed by atoms with van der Waals surface area (Å²) in [5, 5.41) is 9.77. The number of aromatic hydroxyl groups is 1. The highest BCUT2D eigenvalue weighted by Crippen LogP contribution is 2.26. The highest BCUT2D eigenvalue weighted by molar-refractivity contribution is 9.10. The maximum Gasteiger partial charge on any atom is 0.257 e. The van der Waals surface area contributed by atoms with Crippen LogP contribution in [0.5, 0.6) is 5.75 Å². The minimum Gasteiger partial charge on any atom is -0.507 e. The van der Waals surface area contributed by atoms with E-state index in [9.17, 15) is 9.90 Å². The molecule has 5 heteroatoms. The van der Waals surface area contributed by atoms with Gasteiger partial charge in [0.05, 0.1) is 5.56 Å². The highest BCUT2D eigenvalue weighted by atomic mass is 79.9. The Labute approximate surface area is 113 Å². The van der Waals surface area contributed by atoms with Gasteiger partial charge in [-0.15, -0.1) is 0 Å². The SMILES string of the molecule is CN(C(=O)c1ccc(Br)cc1O)C1CCSC1. The summed E-state index contributed by atoms with van der Waals surface area (Å²) in [7, 11) is 1.81. The number of rotatable bonds is 2. The van der Waals surface area contributed by atoms with Gasteiger partial charge in [0.2, 0.25) is 0 Å². The van der Waals surface area contributed by atoms with Crippen LogP contribution in [-0.4, -0.2) is 40.5 Å².